The molecule has 0 bridgehead atoms. The molecule has 0 spiro atoms. The number of nitrogens with zero attached hydrogens (tertiary/aromatic N) is 1. The summed E-state index contributed by atoms with van der Waals surface area (Å²) in [5.41, 5.74) is 1.68. The number of allylic oxidation sites excluding steroid dienone is 1. The van der Waals surface area contributed by atoms with E-state index in [4.69, 9.17) is 0 Å². The van der Waals surface area contributed by atoms with Gasteiger partial charge in [-0.2, -0.15) is 0 Å². The van der Waals surface area contributed by atoms with Crippen LogP contribution in [-0.2, 0) is 0 Å². The molecular weight excluding hydrogens is 208 g/mol. The van der Waals surface area contributed by atoms with Gasteiger partial charge in [0.2, 0.25) is 0 Å². The second-order valence-electron chi connectivity index (χ2n) is 5.68. The Morgan fingerprint density at radius 1 is 1.29 bits per heavy atom. The van der Waals surface area contributed by atoms with Gasteiger partial charge in [-0.25, -0.2) is 0 Å². The number of hydrogen-bond donors (Lipinski definition) is 1. The third-order valence-electron chi connectivity index (χ3n) is 4.14. The minimum absolute atomic E-state index is 0.268. The van der Waals surface area contributed by atoms with Crippen molar-refractivity contribution in [2.24, 2.45) is 0 Å². The molecule has 1 rings (SSSR count). The molecule has 1 N–H and O–H groups in total. The van der Waals surface area contributed by atoms with Crippen molar-refractivity contribution in [2.75, 3.05) is 19.6 Å². The van der Waals surface area contributed by atoms with Crippen LogP contribution in [0.4, 0.5) is 0 Å². The van der Waals surface area contributed by atoms with Gasteiger partial charge in [-0.1, -0.05) is 25.5 Å². The molecular formula is C15H30N2. The topological polar surface area (TPSA) is 15.3 Å². The van der Waals surface area contributed by atoms with Crippen molar-refractivity contribution in [1.29, 1.82) is 0 Å². The van der Waals surface area contributed by atoms with Crippen molar-refractivity contribution in [3.8, 4) is 0 Å². The molecule has 0 radical (unpaired) electrons. The van der Waals surface area contributed by atoms with Gasteiger partial charge in [0.05, 0.1) is 0 Å². The molecule has 2 nitrogen and oxygen atoms in total. The standard InChI is InChI=1S/C15H30N2/c1-6-15(5,17-10-8-9-11-17)14(16-7-2)12-13(3)4/h12,14,16H,6-11H2,1-5H3. The Labute approximate surface area is 107 Å². The van der Waals surface area contributed by atoms with Crippen LogP contribution in [0.2, 0.25) is 0 Å². The van der Waals surface area contributed by atoms with E-state index in [2.05, 4.69) is 50.9 Å². The summed E-state index contributed by atoms with van der Waals surface area (Å²) in [6.07, 6.45) is 6.34. The Balaban J connectivity index is 2.88. The molecule has 2 heteroatoms. The highest BCUT2D eigenvalue weighted by Gasteiger charge is 2.37. The van der Waals surface area contributed by atoms with Crippen molar-refractivity contribution in [3.63, 3.8) is 0 Å². The lowest BCUT2D eigenvalue weighted by Crippen LogP contribution is -2.57. The average molecular weight is 238 g/mol. The first-order valence-corrected chi connectivity index (χ1v) is 7.18. The van der Waals surface area contributed by atoms with Gasteiger partial charge >= 0.3 is 0 Å². The molecule has 2 atom stereocenters. The summed E-state index contributed by atoms with van der Waals surface area (Å²) >= 11 is 0. The largest absolute Gasteiger partial charge is 0.309 e. The Bertz CT molecular complexity index is 250. The maximum atomic E-state index is 3.66. The van der Waals surface area contributed by atoms with Gasteiger partial charge in [0.1, 0.15) is 0 Å². The molecule has 0 saturated carbocycles. The molecule has 17 heavy (non-hydrogen) atoms. The zero-order chi connectivity index (χ0) is 12.9. The van der Waals surface area contributed by atoms with Crippen molar-refractivity contribution in [2.45, 2.75) is 65.5 Å². The van der Waals surface area contributed by atoms with Crippen molar-refractivity contribution in [3.05, 3.63) is 11.6 Å². The lowest BCUT2D eigenvalue weighted by atomic mass is 9.86. The van der Waals surface area contributed by atoms with Crippen LogP contribution in [0.1, 0.15) is 53.9 Å². The highest BCUT2D eigenvalue weighted by atomic mass is 15.2. The van der Waals surface area contributed by atoms with Crippen LogP contribution >= 0.6 is 0 Å². The minimum atomic E-state index is 0.268. The summed E-state index contributed by atoms with van der Waals surface area (Å²) in [6, 6.07) is 0.473. The van der Waals surface area contributed by atoms with Crippen LogP contribution in [0.5, 0.6) is 0 Å². The van der Waals surface area contributed by atoms with Crippen LogP contribution in [-0.4, -0.2) is 36.1 Å². The molecule has 2 unspecified atom stereocenters. The van der Waals surface area contributed by atoms with E-state index in [9.17, 15) is 0 Å². The highest BCUT2D eigenvalue weighted by molar-refractivity contribution is 5.11. The molecule has 1 aliphatic rings. The highest BCUT2D eigenvalue weighted by Crippen LogP contribution is 2.29. The van der Waals surface area contributed by atoms with E-state index < -0.39 is 0 Å². The van der Waals surface area contributed by atoms with Crippen LogP contribution in [0.15, 0.2) is 11.6 Å². The van der Waals surface area contributed by atoms with Crippen LogP contribution < -0.4 is 5.32 Å². The van der Waals surface area contributed by atoms with Gasteiger partial charge in [0, 0.05) is 11.6 Å². The maximum Gasteiger partial charge on any atom is 0.0436 e. The van der Waals surface area contributed by atoms with Gasteiger partial charge in [-0.05, 0) is 59.7 Å². The molecule has 1 saturated heterocycles. The van der Waals surface area contributed by atoms with Crippen molar-refractivity contribution < 1.29 is 0 Å². The minimum Gasteiger partial charge on any atom is -0.309 e. The van der Waals surface area contributed by atoms with E-state index >= 15 is 0 Å². The summed E-state index contributed by atoms with van der Waals surface area (Å²) in [4.78, 5) is 2.68. The Morgan fingerprint density at radius 2 is 1.88 bits per heavy atom. The molecule has 0 aromatic heterocycles. The fourth-order valence-electron chi connectivity index (χ4n) is 2.88. The van der Waals surface area contributed by atoms with Crippen LogP contribution in [0.3, 0.4) is 0 Å². The number of nitrogens with one attached hydrogen (secondary N) is 1. The first-order valence-electron chi connectivity index (χ1n) is 7.18. The van der Waals surface area contributed by atoms with E-state index in [1.165, 1.54) is 37.9 Å². The number of rotatable bonds is 6. The number of hydrogen-bond acceptors (Lipinski definition) is 2. The first-order chi connectivity index (χ1) is 8.04. The van der Waals surface area contributed by atoms with E-state index in [1.54, 1.807) is 0 Å². The SMILES string of the molecule is CCNC(C=C(C)C)C(C)(CC)N1CCCC1. The quantitative estimate of drug-likeness (QED) is 0.715. The van der Waals surface area contributed by atoms with E-state index in [0.717, 1.165) is 6.54 Å². The maximum absolute atomic E-state index is 3.66. The van der Waals surface area contributed by atoms with Gasteiger partial charge < -0.3 is 5.32 Å². The smallest absolute Gasteiger partial charge is 0.0436 e. The molecule has 0 aliphatic carbocycles. The second kappa shape index (κ2) is 6.55. The molecule has 1 aliphatic heterocycles. The zero-order valence-corrected chi connectivity index (χ0v) is 12.3. The molecule has 1 heterocycles. The first kappa shape index (κ1) is 14.7. The molecule has 100 valence electrons. The normalized spacial score (nSPS) is 22.2. The summed E-state index contributed by atoms with van der Waals surface area (Å²) in [5.74, 6) is 0. The monoisotopic (exact) mass is 238 g/mol. The summed E-state index contributed by atoms with van der Waals surface area (Å²) in [7, 11) is 0. The van der Waals surface area contributed by atoms with E-state index in [0.29, 0.717) is 6.04 Å². The van der Waals surface area contributed by atoms with Crippen LogP contribution in [0.25, 0.3) is 0 Å². The third kappa shape index (κ3) is 3.56. The summed E-state index contributed by atoms with van der Waals surface area (Å²) in [5, 5.41) is 3.66. The lowest BCUT2D eigenvalue weighted by Gasteiger charge is -2.44. The van der Waals surface area contributed by atoms with Gasteiger partial charge in [-0.3, -0.25) is 4.90 Å². The predicted octanol–water partition coefficient (Wildman–Crippen LogP) is 3.20. The van der Waals surface area contributed by atoms with E-state index in [1.807, 2.05) is 0 Å². The van der Waals surface area contributed by atoms with Crippen LogP contribution in [0, 0.1) is 0 Å². The lowest BCUT2D eigenvalue weighted by molar-refractivity contribution is 0.102. The average Bonchev–Trinajstić information content (AvgIpc) is 2.80. The fourth-order valence-corrected chi connectivity index (χ4v) is 2.88. The Morgan fingerprint density at radius 3 is 2.29 bits per heavy atom. The summed E-state index contributed by atoms with van der Waals surface area (Å²) < 4.78 is 0. The van der Waals surface area contributed by atoms with E-state index in [-0.39, 0.29) is 5.54 Å². The fraction of sp³-hybridized carbons (Fsp3) is 0.867. The van der Waals surface area contributed by atoms with Gasteiger partial charge in [-0.15, -0.1) is 0 Å². The Kier molecular flexibility index (Phi) is 5.68. The van der Waals surface area contributed by atoms with Gasteiger partial charge in [0.25, 0.3) is 0 Å². The number of likely N-dealkylation sites (tertiary alicyclic amines) is 1. The van der Waals surface area contributed by atoms with Crippen molar-refractivity contribution in [1.82, 2.24) is 10.2 Å². The predicted molar refractivity (Wildman–Crippen MR) is 76.4 cm³/mol. The number of likely N-dealkylation sites (N-methyl/N-ethyl adjacent to an activating group) is 1. The van der Waals surface area contributed by atoms with Crippen molar-refractivity contribution >= 4 is 0 Å². The molecule has 0 amide bonds. The van der Waals surface area contributed by atoms with Gasteiger partial charge in [0.15, 0.2) is 0 Å². The summed E-state index contributed by atoms with van der Waals surface area (Å²) in [6.45, 7) is 14.9. The molecule has 0 aromatic rings. The second-order valence-corrected chi connectivity index (χ2v) is 5.68. The molecule has 1 fully saturated rings. The zero-order valence-electron chi connectivity index (χ0n) is 12.3. The third-order valence-corrected chi connectivity index (χ3v) is 4.14. The Hall–Kier alpha value is -0.340. The molecule has 0 aromatic carbocycles.